The third kappa shape index (κ3) is 5.77. The van der Waals surface area contributed by atoms with E-state index < -0.39 is 28.6 Å². The molecule has 1 aromatic carbocycles. The largest absolute Gasteiger partial charge is 0.454 e. The minimum Gasteiger partial charge on any atom is -0.454 e. The van der Waals surface area contributed by atoms with Gasteiger partial charge in [0.2, 0.25) is 10.0 Å². The van der Waals surface area contributed by atoms with E-state index in [4.69, 9.17) is 4.74 Å². The topological polar surface area (TPSA) is 92.8 Å². The number of nitrogens with one attached hydrogen (secondary N) is 1. The summed E-state index contributed by atoms with van der Waals surface area (Å²) in [5.41, 5.74) is 0.956. The molecule has 150 valence electrons. The zero-order valence-electron chi connectivity index (χ0n) is 15.9. The highest BCUT2D eigenvalue weighted by Crippen LogP contribution is 2.26. The first-order valence-electron chi connectivity index (χ1n) is 9.38. The molecule has 1 heterocycles. The lowest BCUT2D eigenvalue weighted by Crippen LogP contribution is -2.49. The summed E-state index contributed by atoms with van der Waals surface area (Å²) in [6.07, 6.45) is 3.62. The third-order valence-electron chi connectivity index (χ3n) is 4.55. The van der Waals surface area contributed by atoms with E-state index in [1.54, 1.807) is 24.3 Å². The number of benzene rings is 1. The van der Waals surface area contributed by atoms with E-state index in [1.165, 1.54) is 4.31 Å². The van der Waals surface area contributed by atoms with Crippen LogP contribution in [-0.2, 0) is 24.3 Å². The van der Waals surface area contributed by atoms with Gasteiger partial charge < -0.3 is 10.1 Å². The molecule has 2 rings (SSSR count). The second-order valence-electron chi connectivity index (χ2n) is 6.75. The van der Waals surface area contributed by atoms with E-state index in [2.05, 4.69) is 5.32 Å². The van der Waals surface area contributed by atoms with Crippen LogP contribution < -0.4 is 5.32 Å². The minimum absolute atomic E-state index is 0.158. The molecule has 1 unspecified atom stereocenters. The van der Waals surface area contributed by atoms with E-state index in [0.29, 0.717) is 19.4 Å². The lowest BCUT2D eigenvalue weighted by atomic mass is 10.1. The Balaban J connectivity index is 2.04. The number of nitrogens with zero attached hydrogens (tertiary/aromatic N) is 1. The number of unbranched alkanes of at least 4 members (excludes halogenated alkanes) is 1. The van der Waals surface area contributed by atoms with Gasteiger partial charge in [0.1, 0.15) is 6.04 Å². The summed E-state index contributed by atoms with van der Waals surface area (Å²) in [6.45, 7) is 4.29. The van der Waals surface area contributed by atoms with E-state index in [1.807, 2.05) is 13.8 Å². The number of rotatable bonds is 8. The van der Waals surface area contributed by atoms with E-state index in [0.717, 1.165) is 24.8 Å². The lowest BCUT2D eigenvalue weighted by Gasteiger charge is -2.33. The van der Waals surface area contributed by atoms with Gasteiger partial charge in [-0.2, -0.15) is 4.31 Å². The molecular weight excluding hydrogens is 368 g/mol. The Labute approximate surface area is 161 Å². The summed E-state index contributed by atoms with van der Waals surface area (Å²) < 4.78 is 32.2. The number of hydrogen-bond donors (Lipinski definition) is 1. The number of aryl methyl sites for hydroxylation is 1. The molecule has 0 aliphatic carbocycles. The Hall–Kier alpha value is -1.93. The van der Waals surface area contributed by atoms with Crippen LogP contribution in [0.25, 0.3) is 0 Å². The van der Waals surface area contributed by atoms with E-state index in [9.17, 15) is 18.0 Å². The van der Waals surface area contributed by atoms with Gasteiger partial charge in [-0.3, -0.25) is 9.59 Å². The Morgan fingerprint density at radius 3 is 2.59 bits per heavy atom. The molecule has 1 fully saturated rings. The number of ether oxygens (including phenoxy) is 1. The van der Waals surface area contributed by atoms with Crippen molar-refractivity contribution in [3.05, 3.63) is 29.8 Å². The van der Waals surface area contributed by atoms with Gasteiger partial charge in [-0.15, -0.1) is 0 Å². The molecule has 1 atom stereocenters. The van der Waals surface area contributed by atoms with Crippen molar-refractivity contribution in [3.63, 3.8) is 0 Å². The Bertz CT molecular complexity index is 746. The van der Waals surface area contributed by atoms with Gasteiger partial charge in [0.15, 0.2) is 6.61 Å². The van der Waals surface area contributed by atoms with Gasteiger partial charge in [-0.25, -0.2) is 8.42 Å². The van der Waals surface area contributed by atoms with Gasteiger partial charge >= 0.3 is 5.97 Å². The van der Waals surface area contributed by atoms with Crippen molar-refractivity contribution in [1.29, 1.82) is 0 Å². The molecule has 8 heteroatoms. The number of hydrogen-bond acceptors (Lipinski definition) is 5. The molecule has 1 aromatic rings. The molecule has 7 nitrogen and oxygen atoms in total. The average molecular weight is 397 g/mol. The molecule has 0 aromatic heterocycles. The molecule has 0 spiro atoms. The van der Waals surface area contributed by atoms with Gasteiger partial charge in [0.05, 0.1) is 4.90 Å². The Kier molecular flexibility index (Phi) is 7.79. The molecule has 1 aliphatic heterocycles. The fourth-order valence-corrected chi connectivity index (χ4v) is 4.61. The molecule has 1 saturated heterocycles. The first-order valence-corrected chi connectivity index (χ1v) is 10.8. The van der Waals surface area contributed by atoms with Crippen LogP contribution in [0, 0.1) is 6.92 Å². The van der Waals surface area contributed by atoms with Crippen LogP contribution in [0.1, 0.15) is 44.6 Å². The van der Waals surface area contributed by atoms with Crippen molar-refractivity contribution in [1.82, 2.24) is 9.62 Å². The summed E-state index contributed by atoms with van der Waals surface area (Å²) in [7, 11) is -3.80. The molecule has 1 amide bonds. The molecule has 0 bridgehead atoms. The van der Waals surface area contributed by atoms with Crippen LogP contribution in [0.3, 0.4) is 0 Å². The maximum atomic E-state index is 13.0. The number of carbonyl (C=O) groups is 2. The van der Waals surface area contributed by atoms with Gasteiger partial charge in [0, 0.05) is 13.1 Å². The first kappa shape index (κ1) is 21.4. The van der Waals surface area contributed by atoms with Crippen molar-refractivity contribution in [2.24, 2.45) is 0 Å². The first-order chi connectivity index (χ1) is 12.9. The highest BCUT2D eigenvalue weighted by atomic mass is 32.2. The van der Waals surface area contributed by atoms with Crippen LogP contribution in [0.2, 0.25) is 0 Å². The lowest BCUT2D eigenvalue weighted by molar-refractivity contribution is -0.153. The smallest absolute Gasteiger partial charge is 0.324 e. The van der Waals surface area contributed by atoms with E-state index in [-0.39, 0.29) is 17.3 Å². The summed E-state index contributed by atoms with van der Waals surface area (Å²) in [6, 6.07) is 5.65. The molecule has 0 radical (unpaired) electrons. The van der Waals surface area contributed by atoms with Crippen LogP contribution >= 0.6 is 0 Å². The average Bonchev–Trinajstić information content (AvgIpc) is 2.66. The normalized spacial score (nSPS) is 18.1. The number of piperidine rings is 1. The SMILES string of the molecule is CCCCNC(=O)COC(=O)C1CCCCN1S(=O)(=O)c1ccc(C)cc1. The summed E-state index contributed by atoms with van der Waals surface area (Å²) in [5.74, 6) is -1.04. The summed E-state index contributed by atoms with van der Waals surface area (Å²) in [5, 5.41) is 2.67. The van der Waals surface area contributed by atoms with Crippen LogP contribution in [0.15, 0.2) is 29.2 Å². The van der Waals surface area contributed by atoms with Crippen molar-refractivity contribution in [3.8, 4) is 0 Å². The van der Waals surface area contributed by atoms with Crippen molar-refractivity contribution in [2.75, 3.05) is 19.7 Å². The van der Waals surface area contributed by atoms with Crippen LogP contribution in [0.4, 0.5) is 0 Å². The molecule has 1 N–H and O–H groups in total. The second kappa shape index (κ2) is 9.85. The fraction of sp³-hybridized carbons (Fsp3) is 0.579. The molecule has 0 saturated carbocycles. The third-order valence-corrected chi connectivity index (χ3v) is 6.47. The quantitative estimate of drug-likeness (QED) is 0.536. The number of amides is 1. The van der Waals surface area contributed by atoms with Crippen molar-refractivity contribution >= 4 is 21.9 Å². The fourth-order valence-electron chi connectivity index (χ4n) is 2.96. The van der Waals surface area contributed by atoms with Crippen LogP contribution in [0.5, 0.6) is 0 Å². The monoisotopic (exact) mass is 396 g/mol. The van der Waals surface area contributed by atoms with Gasteiger partial charge in [-0.05, 0) is 44.7 Å². The number of carbonyl (C=O) groups excluding carboxylic acids is 2. The molecule has 1 aliphatic rings. The number of esters is 1. The van der Waals surface area contributed by atoms with Crippen molar-refractivity contribution < 1.29 is 22.7 Å². The van der Waals surface area contributed by atoms with Gasteiger partial charge in [-0.1, -0.05) is 31.0 Å². The summed E-state index contributed by atoms with van der Waals surface area (Å²) in [4.78, 5) is 24.3. The Morgan fingerprint density at radius 2 is 1.93 bits per heavy atom. The maximum Gasteiger partial charge on any atom is 0.324 e. The van der Waals surface area contributed by atoms with Crippen LogP contribution in [-0.4, -0.2) is 50.3 Å². The van der Waals surface area contributed by atoms with E-state index >= 15 is 0 Å². The molecular formula is C19H28N2O5S. The minimum atomic E-state index is -3.80. The second-order valence-corrected chi connectivity index (χ2v) is 8.64. The molecule has 27 heavy (non-hydrogen) atoms. The van der Waals surface area contributed by atoms with Gasteiger partial charge in [0.25, 0.3) is 5.91 Å². The highest BCUT2D eigenvalue weighted by Gasteiger charge is 2.38. The predicted molar refractivity (Wildman–Crippen MR) is 102 cm³/mol. The highest BCUT2D eigenvalue weighted by molar-refractivity contribution is 7.89. The predicted octanol–water partition coefficient (Wildman–Crippen LogP) is 2.00. The Morgan fingerprint density at radius 1 is 1.22 bits per heavy atom. The maximum absolute atomic E-state index is 13.0. The summed E-state index contributed by atoms with van der Waals surface area (Å²) >= 11 is 0. The van der Waals surface area contributed by atoms with Crippen molar-refractivity contribution in [2.45, 2.75) is 56.9 Å². The zero-order valence-corrected chi connectivity index (χ0v) is 16.8. The zero-order chi connectivity index (χ0) is 19.9. The standard InChI is InChI=1S/C19H28N2O5S/c1-3-4-12-20-18(22)14-26-19(23)17-7-5-6-13-21(17)27(24,25)16-10-8-15(2)9-11-16/h8-11,17H,3-7,12-14H2,1-2H3,(H,20,22). The number of sulfonamides is 1.